The first-order chi connectivity index (χ1) is 15.9. The number of furan rings is 1. The lowest BCUT2D eigenvalue weighted by Crippen LogP contribution is -2.34. The molecule has 1 aromatic heterocycles. The zero-order valence-corrected chi connectivity index (χ0v) is 19.4. The molecule has 0 spiro atoms. The fraction of sp³-hybridized carbons (Fsp3) is 0.217. The first-order valence-corrected chi connectivity index (χ1v) is 10.1. The lowest BCUT2D eigenvalue weighted by Gasteiger charge is -2.15. The van der Waals surface area contributed by atoms with Crippen molar-refractivity contribution < 1.29 is 33.3 Å². The number of aliphatic hydroxyl groups is 1. The van der Waals surface area contributed by atoms with E-state index in [9.17, 15) is 9.90 Å². The van der Waals surface area contributed by atoms with Crippen LogP contribution in [0.5, 0.6) is 23.0 Å². The number of aliphatic hydroxyl groups excluding tert-OH is 1. The van der Waals surface area contributed by atoms with Crippen molar-refractivity contribution in [2.24, 2.45) is 0 Å². The molecule has 0 saturated carbocycles. The van der Waals surface area contributed by atoms with Gasteiger partial charge in [0.2, 0.25) is 5.75 Å². The normalized spacial score (nSPS) is 10.3. The van der Waals surface area contributed by atoms with Crippen molar-refractivity contribution in [3.05, 3.63) is 53.8 Å². The minimum Gasteiger partial charge on any atom is -0.496 e. The maximum atomic E-state index is 12.7. The monoisotopic (exact) mass is 472 g/mol. The molecule has 1 amide bonds. The average Bonchev–Trinajstić information content (AvgIpc) is 3.31. The Morgan fingerprint density at radius 3 is 2.15 bits per heavy atom. The summed E-state index contributed by atoms with van der Waals surface area (Å²) in [4.78, 5) is 12.7. The topological polar surface area (TPSA) is 111 Å². The van der Waals surface area contributed by atoms with Crippen molar-refractivity contribution in [2.45, 2.75) is 6.61 Å². The van der Waals surface area contributed by atoms with Crippen LogP contribution in [0.2, 0.25) is 0 Å². The molecule has 1 heterocycles. The van der Waals surface area contributed by atoms with E-state index in [1.165, 1.54) is 40.6 Å². The lowest BCUT2D eigenvalue weighted by atomic mass is 10.1. The zero-order chi connectivity index (χ0) is 24.0. The summed E-state index contributed by atoms with van der Waals surface area (Å²) >= 11 is 5.29. The van der Waals surface area contributed by atoms with Crippen LogP contribution in [0.15, 0.2) is 46.9 Å². The number of benzene rings is 2. The molecule has 2 aromatic carbocycles. The standard InChI is InChI=1S/C23H24N2O7S/c1-28-18-11-14(5-7-16(18)17-8-6-15(12-26)32-17)24-23(33)25-22(27)13-9-19(29-2)21(31-4)20(10-13)30-3/h5-11,26H,12H2,1-4H3,(H2,24,25,27,33). The highest BCUT2D eigenvalue weighted by molar-refractivity contribution is 7.80. The zero-order valence-electron chi connectivity index (χ0n) is 18.6. The van der Waals surface area contributed by atoms with Gasteiger partial charge >= 0.3 is 0 Å². The molecule has 0 aliphatic heterocycles. The van der Waals surface area contributed by atoms with Crippen molar-refractivity contribution in [1.82, 2.24) is 5.32 Å². The lowest BCUT2D eigenvalue weighted by molar-refractivity contribution is 0.0977. The summed E-state index contributed by atoms with van der Waals surface area (Å²) in [6.07, 6.45) is 0. The summed E-state index contributed by atoms with van der Waals surface area (Å²) in [5.41, 5.74) is 1.58. The van der Waals surface area contributed by atoms with Gasteiger partial charge in [0, 0.05) is 17.3 Å². The van der Waals surface area contributed by atoms with Crippen LogP contribution >= 0.6 is 12.2 Å². The van der Waals surface area contributed by atoms with Gasteiger partial charge in [-0.2, -0.15) is 0 Å². The smallest absolute Gasteiger partial charge is 0.257 e. The van der Waals surface area contributed by atoms with Gasteiger partial charge in [-0.3, -0.25) is 10.1 Å². The summed E-state index contributed by atoms with van der Waals surface area (Å²) in [5, 5.41) is 14.9. The molecule has 10 heteroatoms. The Morgan fingerprint density at radius 2 is 1.61 bits per heavy atom. The Labute approximate surface area is 196 Å². The molecular weight excluding hydrogens is 448 g/mol. The first kappa shape index (κ1) is 23.9. The third-order valence-corrected chi connectivity index (χ3v) is 4.90. The van der Waals surface area contributed by atoms with Crippen molar-refractivity contribution in [3.63, 3.8) is 0 Å². The fourth-order valence-corrected chi connectivity index (χ4v) is 3.34. The second-order valence-electron chi connectivity index (χ2n) is 6.66. The summed E-state index contributed by atoms with van der Waals surface area (Å²) in [6, 6.07) is 11.8. The third kappa shape index (κ3) is 5.36. The van der Waals surface area contributed by atoms with Gasteiger partial charge in [0.05, 0.1) is 34.0 Å². The number of ether oxygens (including phenoxy) is 4. The van der Waals surface area contributed by atoms with Crippen LogP contribution in [0.3, 0.4) is 0 Å². The van der Waals surface area contributed by atoms with Crippen LogP contribution in [-0.2, 0) is 6.61 Å². The Morgan fingerprint density at radius 1 is 0.939 bits per heavy atom. The Balaban J connectivity index is 1.75. The van der Waals surface area contributed by atoms with Crippen LogP contribution in [0.25, 0.3) is 11.3 Å². The maximum absolute atomic E-state index is 12.7. The maximum Gasteiger partial charge on any atom is 0.257 e. The van der Waals surface area contributed by atoms with Crippen LogP contribution in [0.4, 0.5) is 5.69 Å². The Bertz CT molecular complexity index is 1130. The summed E-state index contributed by atoms with van der Waals surface area (Å²) < 4.78 is 26.9. The molecule has 0 saturated heterocycles. The number of hydrogen-bond donors (Lipinski definition) is 3. The van der Waals surface area contributed by atoms with Crippen LogP contribution in [0.1, 0.15) is 16.1 Å². The number of carbonyl (C=O) groups is 1. The molecule has 0 aliphatic carbocycles. The summed E-state index contributed by atoms with van der Waals surface area (Å²) in [7, 11) is 5.95. The largest absolute Gasteiger partial charge is 0.496 e. The van der Waals surface area contributed by atoms with E-state index in [1.54, 1.807) is 30.3 Å². The van der Waals surface area contributed by atoms with Crippen molar-refractivity contribution in [3.8, 4) is 34.3 Å². The molecule has 0 fully saturated rings. The molecule has 0 atom stereocenters. The molecule has 3 rings (SSSR count). The molecule has 3 N–H and O–H groups in total. The predicted octanol–water partition coefficient (Wildman–Crippen LogP) is 3.60. The van der Waals surface area contributed by atoms with Crippen molar-refractivity contribution in [2.75, 3.05) is 33.8 Å². The van der Waals surface area contributed by atoms with E-state index < -0.39 is 5.91 Å². The number of thiocarbonyl (C=S) groups is 1. The highest BCUT2D eigenvalue weighted by Crippen LogP contribution is 2.38. The number of rotatable bonds is 8. The van der Waals surface area contributed by atoms with E-state index >= 15 is 0 Å². The van der Waals surface area contributed by atoms with Crippen molar-refractivity contribution in [1.29, 1.82) is 0 Å². The van der Waals surface area contributed by atoms with Crippen LogP contribution in [-0.4, -0.2) is 44.6 Å². The number of anilines is 1. The molecule has 0 bridgehead atoms. The molecule has 174 valence electrons. The van der Waals surface area contributed by atoms with Crippen LogP contribution < -0.4 is 29.6 Å². The summed E-state index contributed by atoms with van der Waals surface area (Å²) in [6.45, 7) is -0.193. The number of amides is 1. The SMILES string of the molecule is COc1cc(NC(=S)NC(=O)c2cc(OC)c(OC)c(OC)c2)ccc1-c1ccc(CO)o1. The highest BCUT2D eigenvalue weighted by Gasteiger charge is 2.18. The third-order valence-electron chi connectivity index (χ3n) is 4.70. The Hall–Kier alpha value is -3.76. The van der Waals surface area contributed by atoms with E-state index in [-0.39, 0.29) is 17.3 Å². The molecule has 9 nitrogen and oxygen atoms in total. The van der Waals surface area contributed by atoms with Crippen molar-refractivity contribution >= 4 is 28.9 Å². The predicted molar refractivity (Wildman–Crippen MR) is 126 cm³/mol. The fourth-order valence-electron chi connectivity index (χ4n) is 3.13. The summed E-state index contributed by atoms with van der Waals surface area (Å²) in [5.74, 6) is 2.16. The minimum atomic E-state index is -0.456. The number of hydrogen-bond acceptors (Lipinski definition) is 8. The highest BCUT2D eigenvalue weighted by atomic mass is 32.1. The average molecular weight is 473 g/mol. The van der Waals surface area contributed by atoms with E-state index in [4.69, 9.17) is 35.6 Å². The van der Waals surface area contributed by atoms with Gasteiger partial charge in [0.25, 0.3) is 5.91 Å². The molecule has 3 aromatic rings. The van der Waals surface area contributed by atoms with Gasteiger partial charge in [-0.05, 0) is 48.6 Å². The van der Waals surface area contributed by atoms with E-state index in [0.717, 1.165) is 0 Å². The second kappa shape index (κ2) is 10.7. The molecule has 0 aliphatic rings. The Kier molecular flexibility index (Phi) is 7.75. The van der Waals surface area contributed by atoms with Gasteiger partial charge in [0.15, 0.2) is 16.6 Å². The molecule has 0 radical (unpaired) electrons. The van der Waals surface area contributed by atoms with E-state index in [2.05, 4.69) is 10.6 Å². The number of methoxy groups -OCH3 is 4. The van der Waals surface area contributed by atoms with Gasteiger partial charge in [-0.15, -0.1) is 0 Å². The second-order valence-corrected chi connectivity index (χ2v) is 7.07. The van der Waals surface area contributed by atoms with Gasteiger partial charge in [-0.25, -0.2) is 0 Å². The number of carbonyl (C=O) groups excluding carboxylic acids is 1. The van der Waals surface area contributed by atoms with Gasteiger partial charge < -0.3 is 33.8 Å². The quantitative estimate of drug-likeness (QED) is 0.423. The molecule has 0 unspecified atom stereocenters. The minimum absolute atomic E-state index is 0.0871. The molecule has 33 heavy (non-hydrogen) atoms. The van der Waals surface area contributed by atoms with Gasteiger partial charge in [0.1, 0.15) is 23.9 Å². The number of nitrogens with one attached hydrogen (secondary N) is 2. The van der Waals surface area contributed by atoms with E-state index in [0.29, 0.717) is 45.8 Å². The molecular formula is C23H24N2O7S. The van der Waals surface area contributed by atoms with Gasteiger partial charge in [-0.1, -0.05) is 0 Å². The van der Waals surface area contributed by atoms with E-state index in [1.807, 2.05) is 0 Å². The first-order valence-electron chi connectivity index (χ1n) is 9.74. The van der Waals surface area contributed by atoms with Crippen LogP contribution in [0, 0.1) is 0 Å².